The predicted molar refractivity (Wildman–Crippen MR) is 70.7 cm³/mol. The molecule has 0 spiro atoms. The zero-order valence-corrected chi connectivity index (χ0v) is 11.6. The lowest BCUT2D eigenvalue weighted by atomic mass is 10.4. The van der Waals surface area contributed by atoms with Crippen molar-refractivity contribution in [1.82, 2.24) is 15.6 Å². The molecule has 0 aliphatic carbocycles. The van der Waals surface area contributed by atoms with E-state index in [1.807, 2.05) is 13.8 Å². The second kappa shape index (κ2) is 7.25. The fraction of sp³-hybridized carbons (Fsp3) is 0.636. The summed E-state index contributed by atoms with van der Waals surface area (Å²) in [6.45, 7) is 4.24. The van der Waals surface area contributed by atoms with Crippen LogP contribution in [0.1, 0.15) is 15.6 Å². The topological polar surface area (TPSA) is 49.3 Å². The molecule has 4 nitrogen and oxygen atoms in total. The highest BCUT2D eigenvalue weighted by Crippen LogP contribution is 2.16. The van der Waals surface area contributed by atoms with Crippen LogP contribution in [0.2, 0.25) is 0 Å². The minimum atomic E-state index is -2.38. The SMILES string of the molecule is CN=C(NCCc1nc(C)c(C)s1)NCC(F)F. The molecule has 0 bridgehead atoms. The largest absolute Gasteiger partial charge is 0.356 e. The van der Waals surface area contributed by atoms with Gasteiger partial charge in [-0.15, -0.1) is 11.3 Å². The van der Waals surface area contributed by atoms with Crippen molar-refractivity contribution in [2.24, 2.45) is 4.99 Å². The van der Waals surface area contributed by atoms with E-state index in [2.05, 4.69) is 20.6 Å². The second-order valence-electron chi connectivity index (χ2n) is 3.77. The Kier molecular flexibility index (Phi) is 5.97. The Bertz CT molecular complexity index is 384. The number of hydrogen-bond donors (Lipinski definition) is 2. The summed E-state index contributed by atoms with van der Waals surface area (Å²) >= 11 is 1.66. The van der Waals surface area contributed by atoms with Gasteiger partial charge in [0, 0.05) is 24.9 Å². The zero-order valence-electron chi connectivity index (χ0n) is 10.8. The molecule has 0 unspecified atom stereocenters. The van der Waals surface area contributed by atoms with Gasteiger partial charge in [0.1, 0.15) is 0 Å². The molecule has 0 saturated heterocycles. The summed E-state index contributed by atoms with van der Waals surface area (Å²) < 4.78 is 24.0. The van der Waals surface area contributed by atoms with E-state index >= 15 is 0 Å². The fourth-order valence-corrected chi connectivity index (χ4v) is 2.26. The fourth-order valence-electron chi connectivity index (χ4n) is 1.33. The van der Waals surface area contributed by atoms with Crippen LogP contribution in [0, 0.1) is 13.8 Å². The molecule has 1 heterocycles. The quantitative estimate of drug-likeness (QED) is 0.636. The van der Waals surface area contributed by atoms with Crippen molar-refractivity contribution in [3.05, 3.63) is 15.6 Å². The smallest absolute Gasteiger partial charge is 0.255 e. The van der Waals surface area contributed by atoms with Crippen molar-refractivity contribution < 1.29 is 8.78 Å². The van der Waals surface area contributed by atoms with Crippen LogP contribution in [0.15, 0.2) is 4.99 Å². The van der Waals surface area contributed by atoms with Crippen LogP contribution < -0.4 is 10.6 Å². The number of aromatic nitrogens is 1. The number of aliphatic imine (C=N–C) groups is 1. The number of halogens is 2. The highest BCUT2D eigenvalue weighted by Gasteiger charge is 2.06. The molecular formula is C11H18F2N4S. The van der Waals surface area contributed by atoms with Crippen LogP contribution in [-0.4, -0.2) is 37.5 Å². The summed E-state index contributed by atoms with van der Waals surface area (Å²) in [6.07, 6.45) is -1.62. The number of guanidine groups is 1. The van der Waals surface area contributed by atoms with Gasteiger partial charge in [-0.2, -0.15) is 0 Å². The van der Waals surface area contributed by atoms with Crippen LogP contribution in [0.4, 0.5) is 8.78 Å². The average Bonchev–Trinajstić information content (AvgIpc) is 2.63. The van der Waals surface area contributed by atoms with Crippen molar-refractivity contribution in [3.8, 4) is 0 Å². The van der Waals surface area contributed by atoms with E-state index in [0.29, 0.717) is 12.5 Å². The van der Waals surface area contributed by atoms with E-state index < -0.39 is 13.0 Å². The molecule has 0 aromatic carbocycles. The Morgan fingerprint density at radius 1 is 1.39 bits per heavy atom. The van der Waals surface area contributed by atoms with Gasteiger partial charge < -0.3 is 10.6 Å². The normalized spacial score (nSPS) is 12.0. The third-order valence-corrected chi connectivity index (χ3v) is 3.48. The van der Waals surface area contributed by atoms with Crippen LogP contribution in [-0.2, 0) is 6.42 Å². The molecule has 1 aromatic heterocycles. The van der Waals surface area contributed by atoms with Gasteiger partial charge in [-0.25, -0.2) is 13.8 Å². The molecular weight excluding hydrogens is 258 g/mol. The summed E-state index contributed by atoms with van der Waals surface area (Å²) in [5.41, 5.74) is 1.05. The van der Waals surface area contributed by atoms with E-state index in [-0.39, 0.29) is 0 Å². The summed E-state index contributed by atoms with van der Waals surface area (Å²) in [5.74, 6) is 0.389. The Morgan fingerprint density at radius 3 is 2.61 bits per heavy atom. The number of rotatable bonds is 5. The van der Waals surface area contributed by atoms with Gasteiger partial charge in [0.2, 0.25) is 0 Å². The lowest BCUT2D eigenvalue weighted by molar-refractivity contribution is 0.152. The molecule has 1 rings (SSSR count). The summed E-state index contributed by atoms with van der Waals surface area (Å²) in [5, 5.41) is 6.56. The Morgan fingerprint density at radius 2 is 2.11 bits per heavy atom. The van der Waals surface area contributed by atoms with Gasteiger partial charge in [-0.3, -0.25) is 4.99 Å². The lowest BCUT2D eigenvalue weighted by Gasteiger charge is -2.10. The number of aryl methyl sites for hydroxylation is 2. The first-order valence-corrected chi connectivity index (χ1v) is 6.50. The minimum Gasteiger partial charge on any atom is -0.356 e. The van der Waals surface area contributed by atoms with Gasteiger partial charge in [-0.05, 0) is 13.8 Å². The van der Waals surface area contributed by atoms with E-state index in [1.165, 1.54) is 4.88 Å². The molecule has 18 heavy (non-hydrogen) atoms. The van der Waals surface area contributed by atoms with Crippen LogP contribution in [0.3, 0.4) is 0 Å². The molecule has 0 fully saturated rings. The van der Waals surface area contributed by atoms with Crippen LogP contribution in [0.5, 0.6) is 0 Å². The van der Waals surface area contributed by atoms with E-state index in [9.17, 15) is 8.78 Å². The molecule has 0 atom stereocenters. The van der Waals surface area contributed by atoms with Crippen molar-refractivity contribution in [2.45, 2.75) is 26.7 Å². The van der Waals surface area contributed by atoms with E-state index in [1.54, 1.807) is 18.4 Å². The summed E-state index contributed by atoms with van der Waals surface area (Å²) in [4.78, 5) is 9.48. The van der Waals surface area contributed by atoms with Gasteiger partial charge >= 0.3 is 0 Å². The summed E-state index contributed by atoms with van der Waals surface area (Å²) in [7, 11) is 1.55. The molecule has 0 amide bonds. The van der Waals surface area contributed by atoms with E-state index in [4.69, 9.17) is 0 Å². The first kappa shape index (κ1) is 14.8. The molecule has 102 valence electrons. The second-order valence-corrected chi connectivity index (χ2v) is 5.06. The van der Waals surface area contributed by atoms with Gasteiger partial charge in [0.05, 0.1) is 17.2 Å². The third kappa shape index (κ3) is 4.95. The molecule has 0 aliphatic rings. The average molecular weight is 276 g/mol. The maximum atomic E-state index is 12.0. The number of hydrogen-bond acceptors (Lipinski definition) is 3. The molecule has 2 N–H and O–H groups in total. The maximum Gasteiger partial charge on any atom is 0.255 e. The monoisotopic (exact) mass is 276 g/mol. The minimum absolute atomic E-state index is 0.389. The zero-order chi connectivity index (χ0) is 13.5. The molecule has 0 saturated carbocycles. The predicted octanol–water partition coefficient (Wildman–Crippen LogP) is 1.73. The number of thiazole rings is 1. The van der Waals surface area contributed by atoms with Crippen molar-refractivity contribution in [3.63, 3.8) is 0 Å². The molecule has 7 heteroatoms. The number of nitrogens with one attached hydrogen (secondary N) is 2. The van der Waals surface area contributed by atoms with Crippen molar-refractivity contribution in [2.75, 3.05) is 20.1 Å². The Hall–Kier alpha value is -1.24. The standard InChI is InChI=1S/C11H18F2N4S/c1-7-8(2)18-10(17-7)4-5-15-11(14-3)16-6-9(12)13/h9H,4-6H2,1-3H3,(H2,14,15,16). The molecule has 0 aliphatic heterocycles. The number of nitrogens with zero attached hydrogens (tertiary/aromatic N) is 2. The Labute approximate surface area is 110 Å². The molecule has 1 aromatic rings. The Balaban J connectivity index is 2.31. The number of alkyl halides is 2. The first-order valence-electron chi connectivity index (χ1n) is 5.68. The van der Waals surface area contributed by atoms with Crippen LogP contribution in [0.25, 0.3) is 0 Å². The van der Waals surface area contributed by atoms with Gasteiger partial charge in [-0.1, -0.05) is 0 Å². The third-order valence-electron chi connectivity index (χ3n) is 2.35. The highest BCUT2D eigenvalue weighted by molar-refractivity contribution is 7.11. The molecule has 0 radical (unpaired) electrons. The van der Waals surface area contributed by atoms with Gasteiger partial charge in [0.15, 0.2) is 5.96 Å². The maximum absolute atomic E-state index is 12.0. The van der Waals surface area contributed by atoms with Crippen molar-refractivity contribution in [1.29, 1.82) is 0 Å². The summed E-state index contributed by atoms with van der Waals surface area (Å²) in [6, 6.07) is 0. The van der Waals surface area contributed by atoms with E-state index in [0.717, 1.165) is 17.1 Å². The van der Waals surface area contributed by atoms with Crippen LogP contribution >= 0.6 is 11.3 Å². The first-order chi connectivity index (χ1) is 8.52. The lowest BCUT2D eigenvalue weighted by Crippen LogP contribution is -2.40. The van der Waals surface area contributed by atoms with Gasteiger partial charge in [0.25, 0.3) is 6.43 Å². The van der Waals surface area contributed by atoms with Crippen molar-refractivity contribution >= 4 is 17.3 Å². The highest BCUT2D eigenvalue weighted by atomic mass is 32.1.